The molecule has 0 aliphatic carbocycles. The van der Waals surface area contributed by atoms with Crippen molar-refractivity contribution in [1.82, 2.24) is 25.1 Å². The molecule has 0 aliphatic rings. The van der Waals surface area contributed by atoms with Crippen molar-refractivity contribution in [1.29, 1.82) is 0 Å². The summed E-state index contributed by atoms with van der Waals surface area (Å²) in [6.07, 6.45) is 0. The van der Waals surface area contributed by atoms with Crippen LogP contribution in [0.15, 0.2) is 23.0 Å². The SMILES string of the molecule is Cc1nc(NCCNC(=O)c2ccc(=O)n(C)n2)cc(N(C)C)n1. The van der Waals surface area contributed by atoms with Crippen LogP contribution in [0.5, 0.6) is 0 Å². The highest BCUT2D eigenvalue weighted by Gasteiger charge is 2.08. The maximum Gasteiger partial charge on any atom is 0.271 e. The Morgan fingerprint density at radius 3 is 2.67 bits per heavy atom. The van der Waals surface area contributed by atoms with Crippen LogP contribution in [0.25, 0.3) is 0 Å². The smallest absolute Gasteiger partial charge is 0.271 e. The van der Waals surface area contributed by atoms with Gasteiger partial charge in [-0.15, -0.1) is 0 Å². The predicted octanol–water partition coefficient (Wildman–Crippen LogP) is -0.213. The maximum absolute atomic E-state index is 12.0. The molecule has 2 rings (SSSR count). The minimum atomic E-state index is -0.333. The van der Waals surface area contributed by atoms with Crippen LogP contribution in [-0.2, 0) is 7.05 Å². The van der Waals surface area contributed by atoms with Gasteiger partial charge in [0, 0.05) is 46.4 Å². The summed E-state index contributed by atoms with van der Waals surface area (Å²) in [6, 6.07) is 4.55. The number of hydrogen-bond acceptors (Lipinski definition) is 7. The number of anilines is 2. The zero-order valence-corrected chi connectivity index (χ0v) is 14.2. The Labute approximate surface area is 139 Å². The van der Waals surface area contributed by atoms with Crippen LogP contribution < -0.4 is 21.1 Å². The van der Waals surface area contributed by atoms with Crippen molar-refractivity contribution in [2.24, 2.45) is 7.05 Å². The fourth-order valence-electron chi connectivity index (χ4n) is 1.95. The number of nitrogens with zero attached hydrogens (tertiary/aromatic N) is 5. The summed E-state index contributed by atoms with van der Waals surface area (Å²) < 4.78 is 1.12. The molecule has 128 valence electrons. The molecule has 0 fully saturated rings. The van der Waals surface area contributed by atoms with Gasteiger partial charge in [0.1, 0.15) is 23.2 Å². The van der Waals surface area contributed by atoms with Crippen LogP contribution in [0, 0.1) is 6.92 Å². The molecule has 0 spiro atoms. The first kappa shape index (κ1) is 17.4. The molecule has 9 heteroatoms. The van der Waals surface area contributed by atoms with Gasteiger partial charge in [0.2, 0.25) is 0 Å². The molecule has 0 bridgehead atoms. The zero-order chi connectivity index (χ0) is 17.7. The molecular formula is C15H21N7O2. The molecule has 0 aliphatic heterocycles. The van der Waals surface area contributed by atoms with E-state index in [9.17, 15) is 9.59 Å². The standard InChI is InChI=1S/C15H21N7O2/c1-10-18-12(9-13(19-10)21(2)3)16-7-8-17-15(24)11-5-6-14(23)22(4)20-11/h5-6,9H,7-8H2,1-4H3,(H,17,24)(H,16,18,19). The van der Waals surface area contributed by atoms with E-state index in [1.54, 1.807) is 0 Å². The topological polar surface area (TPSA) is 105 Å². The van der Waals surface area contributed by atoms with Gasteiger partial charge in [-0.1, -0.05) is 0 Å². The molecule has 0 unspecified atom stereocenters. The average Bonchev–Trinajstić information content (AvgIpc) is 2.53. The first-order valence-electron chi connectivity index (χ1n) is 7.46. The van der Waals surface area contributed by atoms with Gasteiger partial charge < -0.3 is 15.5 Å². The molecule has 2 N–H and O–H groups in total. The molecule has 0 aromatic carbocycles. The molecule has 24 heavy (non-hydrogen) atoms. The van der Waals surface area contributed by atoms with Crippen molar-refractivity contribution in [3.63, 3.8) is 0 Å². The minimum Gasteiger partial charge on any atom is -0.368 e. The third-order valence-electron chi connectivity index (χ3n) is 3.19. The van der Waals surface area contributed by atoms with Gasteiger partial charge in [-0.2, -0.15) is 5.10 Å². The molecule has 2 heterocycles. The van der Waals surface area contributed by atoms with Gasteiger partial charge in [-0.05, 0) is 13.0 Å². The van der Waals surface area contributed by atoms with E-state index >= 15 is 0 Å². The Hall–Kier alpha value is -2.97. The summed E-state index contributed by atoms with van der Waals surface area (Å²) in [5.74, 6) is 1.84. The molecule has 0 atom stereocenters. The number of amides is 1. The number of aryl methyl sites for hydroxylation is 2. The summed E-state index contributed by atoms with van der Waals surface area (Å²) in [7, 11) is 5.32. The van der Waals surface area contributed by atoms with Crippen molar-refractivity contribution < 1.29 is 4.79 Å². The summed E-state index contributed by atoms with van der Waals surface area (Å²) in [5, 5.41) is 9.77. The highest BCUT2D eigenvalue weighted by molar-refractivity contribution is 5.91. The van der Waals surface area contributed by atoms with E-state index < -0.39 is 0 Å². The fourth-order valence-corrected chi connectivity index (χ4v) is 1.95. The molecule has 0 saturated carbocycles. The number of rotatable bonds is 6. The lowest BCUT2D eigenvalue weighted by atomic mass is 10.3. The molecule has 9 nitrogen and oxygen atoms in total. The Morgan fingerprint density at radius 1 is 1.25 bits per heavy atom. The lowest BCUT2D eigenvalue weighted by Crippen LogP contribution is -2.31. The lowest BCUT2D eigenvalue weighted by molar-refractivity contribution is 0.0948. The quantitative estimate of drug-likeness (QED) is 0.705. The number of aromatic nitrogens is 4. The van der Waals surface area contributed by atoms with Crippen LogP contribution in [0.2, 0.25) is 0 Å². The van der Waals surface area contributed by atoms with E-state index in [2.05, 4.69) is 25.7 Å². The largest absolute Gasteiger partial charge is 0.368 e. The Bertz CT molecular complexity index is 786. The van der Waals surface area contributed by atoms with Crippen LogP contribution in [-0.4, -0.2) is 52.8 Å². The third-order valence-corrected chi connectivity index (χ3v) is 3.19. The lowest BCUT2D eigenvalue weighted by Gasteiger charge is -2.14. The second-order valence-corrected chi connectivity index (χ2v) is 5.42. The van der Waals surface area contributed by atoms with E-state index in [1.807, 2.05) is 32.0 Å². The number of hydrogen-bond donors (Lipinski definition) is 2. The summed E-state index contributed by atoms with van der Waals surface area (Å²) in [4.78, 5) is 33.7. The van der Waals surface area contributed by atoms with Crippen molar-refractivity contribution in [3.05, 3.63) is 40.1 Å². The van der Waals surface area contributed by atoms with E-state index in [0.717, 1.165) is 10.5 Å². The summed E-state index contributed by atoms with van der Waals surface area (Å²) in [5.41, 5.74) is -0.0612. The number of carbonyl (C=O) groups is 1. The molecule has 2 aromatic heterocycles. The van der Waals surface area contributed by atoms with Crippen molar-refractivity contribution in [2.45, 2.75) is 6.92 Å². The molecule has 0 saturated heterocycles. The maximum atomic E-state index is 12.0. The highest BCUT2D eigenvalue weighted by atomic mass is 16.2. The molecule has 0 radical (unpaired) electrons. The number of nitrogens with one attached hydrogen (secondary N) is 2. The molecule has 2 aromatic rings. The van der Waals surface area contributed by atoms with Gasteiger partial charge in [0.15, 0.2) is 0 Å². The summed E-state index contributed by atoms with van der Waals surface area (Å²) >= 11 is 0. The van der Waals surface area contributed by atoms with Gasteiger partial charge in [-0.25, -0.2) is 14.6 Å². The van der Waals surface area contributed by atoms with E-state index in [4.69, 9.17) is 0 Å². The van der Waals surface area contributed by atoms with Gasteiger partial charge in [0.25, 0.3) is 11.5 Å². The van der Waals surface area contributed by atoms with Crippen LogP contribution in [0.1, 0.15) is 16.3 Å². The third kappa shape index (κ3) is 4.51. The van der Waals surface area contributed by atoms with Gasteiger partial charge >= 0.3 is 0 Å². The normalized spacial score (nSPS) is 10.3. The van der Waals surface area contributed by atoms with Crippen LogP contribution in [0.4, 0.5) is 11.6 Å². The van der Waals surface area contributed by atoms with Gasteiger partial charge in [-0.3, -0.25) is 9.59 Å². The minimum absolute atomic E-state index is 0.199. The monoisotopic (exact) mass is 331 g/mol. The zero-order valence-electron chi connectivity index (χ0n) is 14.2. The average molecular weight is 331 g/mol. The van der Waals surface area contributed by atoms with E-state index in [0.29, 0.717) is 24.7 Å². The second-order valence-electron chi connectivity index (χ2n) is 5.42. The second kappa shape index (κ2) is 7.53. The van der Waals surface area contributed by atoms with E-state index in [1.165, 1.54) is 19.2 Å². The van der Waals surface area contributed by atoms with E-state index in [-0.39, 0.29) is 17.2 Å². The predicted molar refractivity (Wildman–Crippen MR) is 91.4 cm³/mol. The Balaban J connectivity index is 1.87. The Kier molecular flexibility index (Phi) is 5.46. The van der Waals surface area contributed by atoms with Crippen molar-refractivity contribution in [2.75, 3.05) is 37.4 Å². The molecular weight excluding hydrogens is 310 g/mol. The highest BCUT2D eigenvalue weighted by Crippen LogP contribution is 2.12. The first-order valence-corrected chi connectivity index (χ1v) is 7.46. The molecule has 1 amide bonds. The summed E-state index contributed by atoms with van der Waals surface area (Å²) in [6.45, 7) is 2.72. The van der Waals surface area contributed by atoms with Crippen molar-refractivity contribution in [3.8, 4) is 0 Å². The van der Waals surface area contributed by atoms with Gasteiger partial charge in [0.05, 0.1) is 0 Å². The van der Waals surface area contributed by atoms with Crippen molar-refractivity contribution >= 4 is 17.5 Å². The fraction of sp³-hybridized carbons (Fsp3) is 0.400. The Morgan fingerprint density at radius 2 is 2.00 bits per heavy atom. The first-order chi connectivity index (χ1) is 11.4. The van der Waals surface area contributed by atoms with Crippen LogP contribution in [0.3, 0.4) is 0 Å². The van der Waals surface area contributed by atoms with Crippen LogP contribution >= 0.6 is 0 Å². The number of carbonyl (C=O) groups excluding carboxylic acids is 1.